The number of pyridine rings is 1. The van der Waals surface area contributed by atoms with Crippen LogP contribution in [-0.4, -0.2) is 62.6 Å². The van der Waals surface area contributed by atoms with Crippen LogP contribution < -0.4 is 5.32 Å². The van der Waals surface area contributed by atoms with Crippen molar-refractivity contribution in [3.05, 3.63) is 65.6 Å². The molecule has 1 aliphatic rings. The number of carbonyl (C=O) groups is 1. The molecule has 1 fully saturated rings. The van der Waals surface area contributed by atoms with Gasteiger partial charge in [-0.3, -0.25) is 5.32 Å². The summed E-state index contributed by atoms with van der Waals surface area (Å²) in [6.07, 6.45) is -0.976. The van der Waals surface area contributed by atoms with E-state index in [9.17, 15) is 4.79 Å². The molecule has 34 heavy (non-hydrogen) atoms. The minimum atomic E-state index is -0.657. The first-order valence-electron chi connectivity index (χ1n) is 10.7. The highest BCUT2D eigenvalue weighted by atomic mass is 16.7. The van der Waals surface area contributed by atoms with Crippen molar-refractivity contribution < 1.29 is 23.8 Å². The van der Waals surface area contributed by atoms with Crippen molar-refractivity contribution in [3.63, 3.8) is 0 Å². The van der Waals surface area contributed by atoms with Gasteiger partial charge in [0.15, 0.2) is 24.7 Å². The smallest absolute Gasteiger partial charge is 0.413 e. The van der Waals surface area contributed by atoms with Crippen molar-refractivity contribution in [2.24, 2.45) is 12.2 Å². The normalized spacial score (nSPS) is 15.5. The number of anilines is 1. The molecule has 0 spiro atoms. The average molecular weight is 467 g/mol. The topological polar surface area (TPSA) is 135 Å². The fourth-order valence-corrected chi connectivity index (χ4v) is 3.18. The average Bonchev–Trinajstić information content (AvgIpc) is 3.28. The molecule has 0 saturated carbocycles. The number of nitrogens with zero attached hydrogens (tertiary/aromatic N) is 6. The molecule has 0 aliphatic carbocycles. The van der Waals surface area contributed by atoms with E-state index in [2.05, 4.69) is 31.0 Å². The Morgan fingerprint density at radius 1 is 1.21 bits per heavy atom. The lowest BCUT2D eigenvalue weighted by molar-refractivity contribution is -0.217. The van der Waals surface area contributed by atoms with Crippen LogP contribution in [0.1, 0.15) is 30.4 Å². The van der Waals surface area contributed by atoms with Crippen LogP contribution in [-0.2, 0) is 32.7 Å². The zero-order valence-corrected chi connectivity index (χ0v) is 18.8. The third-order valence-corrected chi connectivity index (χ3v) is 4.81. The Balaban J connectivity index is 1.37. The summed E-state index contributed by atoms with van der Waals surface area (Å²) in [4.78, 5) is 22.2. The quantitative estimate of drug-likeness (QED) is 0.391. The predicted molar refractivity (Wildman–Crippen MR) is 120 cm³/mol. The van der Waals surface area contributed by atoms with Crippen molar-refractivity contribution in [1.29, 1.82) is 0 Å². The number of benzene rings is 1. The maximum Gasteiger partial charge on any atom is 0.413 e. The van der Waals surface area contributed by atoms with Gasteiger partial charge in [-0.25, -0.2) is 14.5 Å². The highest BCUT2D eigenvalue weighted by molar-refractivity contribution is 6.10. The highest BCUT2D eigenvalue weighted by Gasteiger charge is 2.25. The van der Waals surface area contributed by atoms with Crippen LogP contribution in [0.2, 0.25) is 0 Å². The van der Waals surface area contributed by atoms with Crippen LogP contribution >= 0.6 is 0 Å². The number of rotatable bonds is 8. The molecule has 1 aromatic carbocycles. The summed E-state index contributed by atoms with van der Waals surface area (Å²) in [5.41, 5.74) is 1.83. The number of ether oxygens (including phenoxy) is 3. The van der Waals surface area contributed by atoms with Crippen molar-refractivity contribution in [2.45, 2.75) is 32.3 Å². The summed E-state index contributed by atoms with van der Waals surface area (Å²) < 4.78 is 17.7. The minimum Gasteiger partial charge on any atom is -0.441 e. The molecule has 3 aromatic rings. The number of amides is 1. The van der Waals surface area contributed by atoms with Crippen LogP contribution in [0.3, 0.4) is 0 Å². The molecule has 12 nitrogen and oxygen atoms in total. The SMILES string of the molecule is CC(OC(=O)Nc1cccc(CON=C(c2ccccc2)c2nnnn2C)n1)C1OCCCO1. The van der Waals surface area contributed by atoms with E-state index in [1.54, 1.807) is 32.2 Å². The fourth-order valence-electron chi connectivity index (χ4n) is 3.18. The Kier molecular flexibility index (Phi) is 7.73. The molecule has 1 saturated heterocycles. The summed E-state index contributed by atoms with van der Waals surface area (Å²) in [5, 5.41) is 18.4. The molecule has 2 aromatic heterocycles. The van der Waals surface area contributed by atoms with E-state index in [0.29, 0.717) is 36.3 Å². The zero-order chi connectivity index (χ0) is 23.8. The Bertz CT molecular complexity index is 1120. The van der Waals surface area contributed by atoms with E-state index in [0.717, 1.165) is 12.0 Å². The number of hydrogen-bond donors (Lipinski definition) is 1. The van der Waals surface area contributed by atoms with Crippen LogP contribution in [0.5, 0.6) is 0 Å². The summed E-state index contributed by atoms with van der Waals surface area (Å²) >= 11 is 0. The van der Waals surface area contributed by atoms with Gasteiger partial charge in [0.05, 0.1) is 18.9 Å². The number of hydrogen-bond acceptors (Lipinski definition) is 10. The summed E-state index contributed by atoms with van der Waals surface area (Å²) in [7, 11) is 1.72. The molecule has 12 heteroatoms. The molecule has 3 heterocycles. The molecule has 1 N–H and O–H groups in total. The summed E-state index contributed by atoms with van der Waals surface area (Å²) in [5.74, 6) is 0.769. The van der Waals surface area contributed by atoms with E-state index in [4.69, 9.17) is 19.0 Å². The van der Waals surface area contributed by atoms with Crippen LogP contribution in [0.15, 0.2) is 53.7 Å². The third kappa shape index (κ3) is 6.11. The first-order chi connectivity index (χ1) is 16.6. The largest absolute Gasteiger partial charge is 0.441 e. The lowest BCUT2D eigenvalue weighted by Crippen LogP contribution is -2.38. The molecule has 1 atom stereocenters. The Hall–Kier alpha value is -3.90. The van der Waals surface area contributed by atoms with Gasteiger partial charge in [-0.15, -0.1) is 5.10 Å². The van der Waals surface area contributed by atoms with Crippen LogP contribution in [0.25, 0.3) is 0 Å². The predicted octanol–water partition coefficient (Wildman–Crippen LogP) is 2.27. The molecular weight excluding hydrogens is 442 g/mol. The second-order valence-electron chi connectivity index (χ2n) is 7.42. The maximum absolute atomic E-state index is 12.2. The molecule has 0 bridgehead atoms. The Labute approximate surface area is 195 Å². The number of carbonyl (C=O) groups excluding carboxylic acids is 1. The lowest BCUT2D eigenvalue weighted by Gasteiger charge is -2.27. The number of oxime groups is 1. The molecule has 178 valence electrons. The summed E-state index contributed by atoms with van der Waals surface area (Å²) in [6, 6.07) is 14.6. The second kappa shape index (κ2) is 11.3. The lowest BCUT2D eigenvalue weighted by atomic mass is 10.1. The van der Waals surface area contributed by atoms with Gasteiger partial charge < -0.3 is 19.0 Å². The molecule has 4 rings (SSSR count). The van der Waals surface area contributed by atoms with E-state index in [1.165, 1.54) is 4.68 Å². The Morgan fingerprint density at radius 2 is 2.00 bits per heavy atom. The van der Waals surface area contributed by atoms with Gasteiger partial charge in [0, 0.05) is 12.6 Å². The van der Waals surface area contributed by atoms with Gasteiger partial charge in [-0.2, -0.15) is 0 Å². The minimum absolute atomic E-state index is 0.0618. The van der Waals surface area contributed by atoms with Crippen molar-refractivity contribution in [3.8, 4) is 0 Å². The van der Waals surface area contributed by atoms with Gasteiger partial charge in [0.2, 0.25) is 5.82 Å². The summed E-state index contributed by atoms with van der Waals surface area (Å²) in [6.45, 7) is 2.92. The van der Waals surface area contributed by atoms with E-state index in [1.807, 2.05) is 30.3 Å². The van der Waals surface area contributed by atoms with Crippen molar-refractivity contribution in [1.82, 2.24) is 25.2 Å². The second-order valence-corrected chi connectivity index (χ2v) is 7.42. The van der Waals surface area contributed by atoms with Gasteiger partial charge in [-0.05, 0) is 35.9 Å². The maximum atomic E-state index is 12.2. The highest BCUT2D eigenvalue weighted by Crippen LogP contribution is 2.14. The van der Waals surface area contributed by atoms with Crippen LogP contribution in [0, 0.1) is 0 Å². The standard InChI is InChI=1S/C22H25N7O5/c1-15(21-31-12-7-13-32-21)34-22(30)24-18-11-6-10-17(23-18)14-33-26-19(16-8-4-3-5-9-16)20-25-27-28-29(20)2/h3-6,8-11,15,21H,7,12-14H2,1-2H3,(H,23,24,30). The van der Waals surface area contributed by atoms with E-state index in [-0.39, 0.29) is 6.61 Å². The number of tetrazole rings is 1. The van der Waals surface area contributed by atoms with Crippen molar-refractivity contribution >= 4 is 17.6 Å². The molecule has 1 unspecified atom stereocenters. The number of nitrogens with one attached hydrogen (secondary N) is 1. The van der Waals surface area contributed by atoms with Gasteiger partial charge in [0.1, 0.15) is 5.82 Å². The number of aryl methyl sites for hydroxylation is 1. The third-order valence-electron chi connectivity index (χ3n) is 4.81. The molecular formula is C22H25N7O5. The Morgan fingerprint density at radius 3 is 2.74 bits per heavy atom. The van der Waals surface area contributed by atoms with Crippen molar-refractivity contribution in [2.75, 3.05) is 18.5 Å². The zero-order valence-electron chi connectivity index (χ0n) is 18.8. The first kappa shape index (κ1) is 23.3. The number of aromatic nitrogens is 5. The van der Waals surface area contributed by atoms with Crippen LogP contribution in [0.4, 0.5) is 10.6 Å². The molecule has 1 amide bonds. The monoisotopic (exact) mass is 467 g/mol. The van der Waals surface area contributed by atoms with E-state index < -0.39 is 18.5 Å². The van der Waals surface area contributed by atoms with Gasteiger partial charge in [0.25, 0.3) is 0 Å². The van der Waals surface area contributed by atoms with E-state index >= 15 is 0 Å². The van der Waals surface area contributed by atoms with Gasteiger partial charge in [-0.1, -0.05) is 41.6 Å². The first-order valence-corrected chi connectivity index (χ1v) is 10.7. The molecule has 1 aliphatic heterocycles. The molecule has 0 radical (unpaired) electrons. The fraction of sp³-hybridized carbons (Fsp3) is 0.364. The van der Waals surface area contributed by atoms with Gasteiger partial charge >= 0.3 is 6.09 Å².